The Hall–Kier alpha value is -1.18. The number of carbonyl (C=O) groups is 1. The molecule has 0 aromatic rings. The van der Waals surface area contributed by atoms with Crippen LogP contribution in [0.15, 0.2) is 24.3 Å². The van der Waals surface area contributed by atoms with Crippen molar-refractivity contribution in [2.45, 2.75) is 142 Å². The molecule has 206 valence electrons. The molecule has 2 unspecified atom stereocenters. The third-order valence-electron chi connectivity index (χ3n) is 6.12. The average molecular weight is 516 g/mol. The first kappa shape index (κ1) is 33.8. The molecule has 0 aliphatic rings. The van der Waals surface area contributed by atoms with E-state index in [0.717, 1.165) is 57.8 Å². The minimum absolute atomic E-state index is 0.285. The second-order valence-corrected chi connectivity index (χ2v) is 11.2. The van der Waals surface area contributed by atoms with E-state index in [0.29, 0.717) is 0 Å². The van der Waals surface area contributed by atoms with E-state index in [-0.39, 0.29) is 12.3 Å². The SMILES string of the molecule is CCCCCC/C=C\CCCCCCCC(=O)NC(CS(=O)(=O)O)C(O)/C=C/CCCCCCC. The molecule has 0 saturated carbocycles. The number of nitrogens with one attached hydrogen (secondary N) is 1. The fourth-order valence-electron chi connectivity index (χ4n) is 3.97. The Balaban J connectivity index is 4.11. The van der Waals surface area contributed by atoms with Crippen molar-refractivity contribution in [2.24, 2.45) is 0 Å². The summed E-state index contributed by atoms with van der Waals surface area (Å²) >= 11 is 0. The Bertz CT molecular complexity index is 660. The van der Waals surface area contributed by atoms with Gasteiger partial charge in [-0.2, -0.15) is 8.42 Å². The number of amides is 1. The topological polar surface area (TPSA) is 104 Å². The molecule has 0 heterocycles. The first-order valence-electron chi connectivity index (χ1n) is 14.0. The smallest absolute Gasteiger partial charge is 0.267 e. The standard InChI is InChI=1S/C28H53NO5S/c1-3-5-7-9-11-12-13-14-15-16-18-20-22-24-28(31)29-26(25-35(32,33)34)27(30)23-21-19-17-10-8-6-4-2/h12-13,21,23,26-27,30H,3-11,14-20,22,24-25H2,1-2H3,(H,29,31)(H,32,33,34)/b13-12-,23-21+. The lowest BCUT2D eigenvalue weighted by Crippen LogP contribution is -2.46. The molecule has 6 nitrogen and oxygen atoms in total. The van der Waals surface area contributed by atoms with Gasteiger partial charge in [0, 0.05) is 6.42 Å². The summed E-state index contributed by atoms with van der Waals surface area (Å²) in [5, 5.41) is 13.0. The van der Waals surface area contributed by atoms with Gasteiger partial charge in [0.25, 0.3) is 10.1 Å². The highest BCUT2D eigenvalue weighted by Crippen LogP contribution is 2.10. The lowest BCUT2D eigenvalue weighted by molar-refractivity contribution is -0.122. The van der Waals surface area contributed by atoms with Gasteiger partial charge >= 0.3 is 0 Å². The molecule has 0 bridgehead atoms. The predicted octanol–water partition coefficient (Wildman–Crippen LogP) is 6.89. The van der Waals surface area contributed by atoms with E-state index < -0.39 is 28.0 Å². The van der Waals surface area contributed by atoms with Gasteiger partial charge in [-0.25, -0.2) is 0 Å². The van der Waals surface area contributed by atoms with Crippen LogP contribution in [-0.2, 0) is 14.9 Å². The summed E-state index contributed by atoms with van der Waals surface area (Å²) < 4.78 is 31.9. The molecule has 0 aliphatic carbocycles. The normalized spacial score (nSPS) is 14.1. The molecular weight excluding hydrogens is 462 g/mol. The molecule has 3 N–H and O–H groups in total. The number of unbranched alkanes of at least 4 members (excludes halogenated alkanes) is 14. The summed E-state index contributed by atoms with van der Waals surface area (Å²) in [6, 6.07) is -1.05. The number of aliphatic hydroxyl groups is 1. The van der Waals surface area contributed by atoms with Crippen molar-refractivity contribution in [1.29, 1.82) is 0 Å². The molecule has 0 fully saturated rings. The molecule has 35 heavy (non-hydrogen) atoms. The summed E-state index contributed by atoms with van der Waals surface area (Å²) in [5.74, 6) is -0.996. The van der Waals surface area contributed by atoms with Crippen molar-refractivity contribution in [3.8, 4) is 0 Å². The molecule has 0 saturated heterocycles. The lowest BCUT2D eigenvalue weighted by atomic mass is 10.1. The monoisotopic (exact) mass is 515 g/mol. The molecule has 2 atom stereocenters. The van der Waals surface area contributed by atoms with Crippen molar-refractivity contribution in [2.75, 3.05) is 5.75 Å². The fourth-order valence-corrected chi connectivity index (χ4v) is 4.70. The van der Waals surface area contributed by atoms with Crippen LogP contribution in [0.1, 0.15) is 129 Å². The van der Waals surface area contributed by atoms with Gasteiger partial charge in [0.1, 0.15) is 0 Å². The quantitative estimate of drug-likeness (QED) is 0.0737. The summed E-state index contributed by atoms with van der Waals surface area (Å²) in [6.07, 6.45) is 26.1. The molecular formula is C28H53NO5S. The molecule has 0 aliphatic heterocycles. The Kier molecular flexibility index (Phi) is 22.4. The molecule has 0 aromatic carbocycles. The third-order valence-corrected chi connectivity index (χ3v) is 6.90. The summed E-state index contributed by atoms with van der Waals surface area (Å²) in [4.78, 5) is 12.3. The number of allylic oxidation sites excluding steroid dienone is 3. The van der Waals surface area contributed by atoms with Crippen LogP contribution >= 0.6 is 0 Å². The molecule has 0 spiro atoms. The van der Waals surface area contributed by atoms with Crippen LogP contribution in [0.25, 0.3) is 0 Å². The second-order valence-electron chi connectivity index (χ2n) is 9.67. The second kappa shape index (κ2) is 23.2. The van der Waals surface area contributed by atoms with E-state index in [1.54, 1.807) is 0 Å². The Morgan fingerprint density at radius 2 is 1.20 bits per heavy atom. The molecule has 7 heteroatoms. The molecule has 0 radical (unpaired) electrons. The number of hydrogen-bond acceptors (Lipinski definition) is 4. The zero-order chi connectivity index (χ0) is 26.2. The maximum atomic E-state index is 12.3. The van der Waals surface area contributed by atoms with Crippen LogP contribution in [0.2, 0.25) is 0 Å². The van der Waals surface area contributed by atoms with E-state index in [4.69, 9.17) is 0 Å². The molecule has 0 aromatic heterocycles. The average Bonchev–Trinajstić information content (AvgIpc) is 2.80. The summed E-state index contributed by atoms with van der Waals surface area (Å²) in [7, 11) is -4.32. The van der Waals surface area contributed by atoms with Gasteiger partial charge in [-0.1, -0.05) is 102 Å². The van der Waals surface area contributed by atoms with Gasteiger partial charge in [-0.3, -0.25) is 9.35 Å². The van der Waals surface area contributed by atoms with E-state index in [9.17, 15) is 22.9 Å². The van der Waals surface area contributed by atoms with Gasteiger partial charge in [-0.05, 0) is 44.9 Å². The van der Waals surface area contributed by atoms with Crippen LogP contribution in [0, 0.1) is 0 Å². The summed E-state index contributed by atoms with van der Waals surface area (Å²) in [5.41, 5.74) is 0. The molecule has 0 rings (SSSR count). The van der Waals surface area contributed by atoms with E-state index in [1.807, 2.05) is 6.08 Å². The highest BCUT2D eigenvalue weighted by molar-refractivity contribution is 7.85. The number of carbonyl (C=O) groups excluding carboxylic acids is 1. The highest BCUT2D eigenvalue weighted by atomic mass is 32.2. The van der Waals surface area contributed by atoms with Crippen LogP contribution < -0.4 is 5.32 Å². The van der Waals surface area contributed by atoms with Crippen molar-refractivity contribution in [3.05, 3.63) is 24.3 Å². The fraction of sp³-hybridized carbons (Fsp3) is 0.821. The summed E-state index contributed by atoms with van der Waals surface area (Å²) in [6.45, 7) is 4.39. The Morgan fingerprint density at radius 3 is 1.74 bits per heavy atom. The van der Waals surface area contributed by atoms with Crippen molar-refractivity contribution >= 4 is 16.0 Å². The van der Waals surface area contributed by atoms with Gasteiger partial charge < -0.3 is 10.4 Å². The van der Waals surface area contributed by atoms with Crippen LogP contribution in [-0.4, -0.2) is 41.9 Å². The van der Waals surface area contributed by atoms with E-state index in [1.165, 1.54) is 57.4 Å². The Morgan fingerprint density at radius 1 is 0.743 bits per heavy atom. The first-order chi connectivity index (χ1) is 16.8. The zero-order valence-electron chi connectivity index (χ0n) is 22.4. The maximum Gasteiger partial charge on any atom is 0.267 e. The Labute approximate surface area is 215 Å². The van der Waals surface area contributed by atoms with E-state index >= 15 is 0 Å². The lowest BCUT2D eigenvalue weighted by Gasteiger charge is -2.21. The van der Waals surface area contributed by atoms with Crippen LogP contribution in [0.3, 0.4) is 0 Å². The zero-order valence-corrected chi connectivity index (χ0v) is 23.2. The number of aliphatic hydroxyl groups excluding tert-OH is 1. The minimum atomic E-state index is -4.32. The van der Waals surface area contributed by atoms with Crippen molar-refractivity contribution in [1.82, 2.24) is 5.32 Å². The van der Waals surface area contributed by atoms with E-state index in [2.05, 4.69) is 31.3 Å². The minimum Gasteiger partial charge on any atom is -0.387 e. The maximum absolute atomic E-state index is 12.3. The first-order valence-corrected chi connectivity index (χ1v) is 15.6. The number of hydrogen-bond donors (Lipinski definition) is 3. The van der Waals surface area contributed by atoms with Gasteiger partial charge in [0.2, 0.25) is 5.91 Å². The largest absolute Gasteiger partial charge is 0.387 e. The third kappa shape index (κ3) is 24.3. The predicted molar refractivity (Wildman–Crippen MR) is 147 cm³/mol. The van der Waals surface area contributed by atoms with Crippen molar-refractivity contribution < 1.29 is 22.9 Å². The van der Waals surface area contributed by atoms with Crippen LogP contribution in [0.4, 0.5) is 0 Å². The van der Waals surface area contributed by atoms with Gasteiger partial charge in [0.15, 0.2) is 0 Å². The van der Waals surface area contributed by atoms with Gasteiger partial charge in [0.05, 0.1) is 17.9 Å². The van der Waals surface area contributed by atoms with Crippen molar-refractivity contribution in [3.63, 3.8) is 0 Å². The van der Waals surface area contributed by atoms with Crippen LogP contribution in [0.5, 0.6) is 0 Å². The highest BCUT2D eigenvalue weighted by Gasteiger charge is 2.24. The number of rotatable bonds is 24. The van der Waals surface area contributed by atoms with Gasteiger partial charge in [-0.15, -0.1) is 0 Å². The molecule has 1 amide bonds.